The summed E-state index contributed by atoms with van der Waals surface area (Å²) in [5.74, 6) is 0. The van der Waals surface area contributed by atoms with Crippen LogP contribution >= 0.6 is 0 Å². The van der Waals surface area contributed by atoms with Crippen molar-refractivity contribution < 1.29 is 13.9 Å². The average Bonchev–Trinajstić information content (AvgIpc) is 3.21. The average molecular weight is 353 g/mol. The van der Waals surface area contributed by atoms with Crippen molar-refractivity contribution in [2.45, 2.75) is 63.7 Å². The van der Waals surface area contributed by atoms with Crippen molar-refractivity contribution in [3.8, 4) is 0 Å². The minimum absolute atomic E-state index is 0.139. The summed E-state index contributed by atoms with van der Waals surface area (Å²) in [6, 6.07) is 1.28. The van der Waals surface area contributed by atoms with Crippen LogP contribution in [0.5, 0.6) is 0 Å². The molecule has 4 fully saturated rings. The van der Waals surface area contributed by atoms with Gasteiger partial charge in [0.1, 0.15) is 6.17 Å². The van der Waals surface area contributed by atoms with Crippen LogP contribution in [0.3, 0.4) is 0 Å². The zero-order valence-electron chi connectivity index (χ0n) is 15.5. The molecule has 3 heterocycles. The van der Waals surface area contributed by atoms with Gasteiger partial charge >= 0.3 is 6.09 Å². The molecule has 0 radical (unpaired) electrons. The molecule has 0 aromatic carbocycles. The Morgan fingerprint density at radius 1 is 1.08 bits per heavy atom. The Balaban J connectivity index is 1.21. The van der Waals surface area contributed by atoms with Crippen molar-refractivity contribution in [1.29, 1.82) is 0 Å². The van der Waals surface area contributed by atoms with Crippen LogP contribution in [0.1, 0.15) is 45.4 Å². The van der Waals surface area contributed by atoms with E-state index >= 15 is 0 Å². The number of amides is 1. The van der Waals surface area contributed by atoms with Gasteiger partial charge in [-0.2, -0.15) is 0 Å². The molecule has 1 unspecified atom stereocenters. The van der Waals surface area contributed by atoms with E-state index in [1.165, 1.54) is 25.7 Å². The zero-order chi connectivity index (χ0) is 17.4. The maximum atomic E-state index is 13.4. The number of likely N-dealkylation sites (tertiary alicyclic amines) is 3. The van der Waals surface area contributed by atoms with Crippen LogP contribution in [0, 0.1) is 5.41 Å². The molecule has 4 aliphatic rings. The molecule has 3 aliphatic heterocycles. The molecule has 1 atom stereocenters. The van der Waals surface area contributed by atoms with E-state index in [2.05, 4.69) is 9.80 Å². The van der Waals surface area contributed by atoms with Crippen LogP contribution in [0.4, 0.5) is 9.18 Å². The predicted molar refractivity (Wildman–Crippen MR) is 94.3 cm³/mol. The van der Waals surface area contributed by atoms with Gasteiger partial charge in [-0.05, 0) is 64.0 Å². The van der Waals surface area contributed by atoms with E-state index < -0.39 is 6.17 Å². The summed E-state index contributed by atoms with van der Waals surface area (Å²) in [6.07, 6.45) is 5.94. The summed E-state index contributed by atoms with van der Waals surface area (Å²) in [6.45, 7) is 7.96. The summed E-state index contributed by atoms with van der Waals surface area (Å²) in [7, 11) is 0. The monoisotopic (exact) mass is 353 g/mol. The number of ether oxygens (including phenoxy) is 1. The second-order valence-corrected chi connectivity index (χ2v) is 8.58. The van der Waals surface area contributed by atoms with E-state index in [-0.39, 0.29) is 6.09 Å². The Morgan fingerprint density at radius 3 is 2.44 bits per heavy atom. The minimum Gasteiger partial charge on any atom is -0.450 e. The molecule has 0 N–H and O–H groups in total. The Labute approximate surface area is 150 Å². The quantitative estimate of drug-likeness (QED) is 0.781. The second kappa shape index (κ2) is 7.03. The zero-order valence-corrected chi connectivity index (χ0v) is 15.5. The lowest BCUT2D eigenvalue weighted by Crippen LogP contribution is -2.55. The van der Waals surface area contributed by atoms with Gasteiger partial charge in [-0.15, -0.1) is 0 Å². The lowest BCUT2D eigenvalue weighted by Gasteiger charge is -2.52. The van der Waals surface area contributed by atoms with Crippen LogP contribution < -0.4 is 0 Å². The molecule has 5 nitrogen and oxygen atoms in total. The van der Waals surface area contributed by atoms with Crippen LogP contribution in [0.2, 0.25) is 0 Å². The SMILES string of the molecule is CCOC(=O)N1CCC2(CC(N3CCC(N4CCC(F)C4)CC3)C2)C1. The van der Waals surface area contributed by atoms with Crippen molar-refractivity contribution in [3.05, 3.63) is 0 Å². The summed E-state index contributed by atoms with van der Waals surface area (Å²) in [5.41, 5.74) is 0.352. The van der Waals surface area contributed by atoms with E-state index in [0.717, 1.165) is 45.6 Å². The molecule has 0 aromatic rings. The summed E-state index contributed by atoms with van der Waals surface area (Å²) in [4.78, 5) is 18.8. The smallest absolute Gasteiger partial charge is 0.409 e. The Bertz CT molecular complexity index is 489. The molecule has 4 rings (SSSR count). The molecular formula is C19H32FN3O2. The van der Waals surface area contributed by atoms with E-state index in [4.69, 9.17) is 4.74 Å². The predicted octanol–water partition coefficient (Wildman–Crippen LogP) is 2.51. The molecule has 1 aliphatic carbocycles. The highest BCUT2D eigenvalue weighted by Crippen LogP contribution is 2.50. The van der Waals surface area contributed by atoms with Crippen LogP contribution in [-0.2, 0) is 4.74 Å². The summed E-state index contributed by atoms with van der Waals surface area (Å²) < 4.78 is 18.6. The van der Waals surface area contributed by atoms with Crippen molar-refractivity contribution in [2.24, 2.45) is 5.41 Å². The van der Waals surface area contributed by atoms with Crippen LogP contribution in [0.15, 0.2) is 0 Å². The number of alkyl halides is 1. The topological polar surface area (TPSA) is 36.0 Å². The number of carbonyl (C=O) groups is 1. The lowest BCUT2D eigenvalue weighted by atomic mass is 9.64. The van der Waals surface area contributed by atoms with Crippen molar-refractivity contribution >= 4 is 6.09 Å². The number of rotatable bonds is 3. The fourth-order valence-electron chi connectivity index (χ4n) is 5.53. The van der Waals surface area contributed by atoms with E-state index in [9.17, 15) is 9.18 Å². The maximum Gasteiger partial charge on any atom is 0.409 e. The summed E-state index contributed by atoms with van der Waals surface area (Å²) in [5, 5.41) is 0. The molecule has 0 bridgehead atoms. The van der Waals surface area contributed by atoms with Crippen LogP contribution in [0.25, 0.3) is 0 Å². The van der Waals surface area contributed by atoms with Crippen molar-refractivity contribution in [3.63, 3.8) is 0 Å². The van der Waals surface area contributed by atoms with Crippen molar-refractivity contribution in [2.75, 3.05) is 45.9 Å². The minimum atomic E-state index is -0.603. The van der Waals surface area contributed by atoms with Gasteiger partial charge in [-0.25, -0.2) is 9.18 Å². The number of carbonyl (C=O) groups excluding carboxylic acids is 1. The Kier molecular flexibility index (Phi) is 4.93. The molecule has 3 saturated heterocycles. The normalized spacial score (nSPS) is 37.6. The fourth-order valence-corrected chi connectivity index (χ4v) is 5.53. The number of hydrogen-bond acceptors (Lipinski definition) is 4. The molecule has 6 heteroatoms. The highest BCUT2D eigenvalue weighted by Gasteiger charge is 2.51. The Morgan fingerprint density at radius 2 is 1.80 bits per heavy atom. The van der Waals surface area contributed by atoms with Gasteiger partial charge in [0.25, 0.3) is 0 Å². The third-order valence-corrected chi connectivity index (χ3v) is 7.00. The molecule has 0 aromatic heterocycles. The van der Waals surface area contributed by atoms with Gasteiger partial charge in [0.15, 0.2) is 0 Å². The van der Waals surface area contributed by atoms with Gasteiger partial charge in [0.2, 0.25) is 0 Å². The molecule has 1 saturated carbocycles. The van der Waals surface area contributed by atoms with E-state index in [1.807, 2.05) is 11.8 Å². The largest absolute Gasteiger partial charge is 0.450 e. The first-order valence-corrected chi connectivity index (χ1v) is 10.1. The molecule has 25 heavy (non-hydrogen) atoms. The third-order valence-electron chi connectivity index (χ3n) is 7.00. The first-order valence-electron chi connectivity index (χ1n) is 10.1. The number of piperidine rings is 1. The highest BCUT2D eigenvalue weighted by atomic mass is 19.1. The molecule has 142 valence electrons. The number of nitrogens with zero attached hydrogens (tertiary/aromatic N) is 3. The van der Waals surface area contributed by atoms with Gasteiger partial charge in [-0.1, -0.05) is 0 Å². The lowest BCUT2D eigenvalue weighted by molar-refractivity contribution is -0.0144. The molecule has 1 amide bonds. The number of hydrogen-bond donors (Lipinski definition) is 0. The first kappa shape index (κ1) is 17.5. The standard InChI is InChI=1S/C19H32FN3O2/c1-2-25-18(24)23-10-6-19(14-23)11-17(12-19)21-8-4-16(5-9-21)22-7-3-15(20)13-22/h15-17H,2-14H2,1H3. The first-order chi connectivity index (χ1) is 12.1. The number of halogens is 1. The molecular weight excluding hydrogens is 321 g/mol. The van der Waals surface area contributed by atoms with E-state index in [1.54, 1.807) is 0 Å². The third kappa shape index (κ3) is 3.52. The van der Waals surface area contributed by atoms with Crippen LogP contribution in [-0.4, -0.2) is 84.9 Å². The second-order valence-electron chi connectivity index (χ2n) is 8.58. The van der Waals surface area contributed by atoms with Crippen molar-refractivity contribution in [1.82, 2.24) is 14.7 Å². The fraction of sp³-hybridized carbons (Fsp3) is 0.947. The Hall–Kier alpha value is -0.880. The molecule has 1 spiro atoms. The summed E-state index contributed by atoms with van der Waals surface area (Å²) >= 11 is 0. The highest BCUT2D eigenvalue weighted by molar-refractivity contribution is 5.68. The van der Waals surface area contributed by atoms with E-state index in [0.29, 0.717) is 30.7 Å². The van der Waals surface area contributed by atoms with Gasteiger partial charge in [-0.3, -0.25) is 4.90 Å². The van der Waals surface area contributed by atoms with Gasteiger partial charge < -0.3 is 14.5 Å². The van der Waals surface area contributed by atoms with Gasteiger partial charge in [0.05, 0.1) is 6.61 Å². The maximum absolute atomic E-state index is 13.4. The van der Waals surface area contributed by atoms with Gasteiger partial charge in [0, 0.05) is 38.3 Å².